The molecule has 32 heavy (non-hydrogen) atoms. The predicted octanol–water partition coefficient (Wildman–Crippen LogP) is 5.58. The van der Waals surface area contributed by atoms with Crippen molar-refractivity contribution in [2.45, 2.75) is 39.5 Å². The molecule has 5 nitrogen and oxygen atoms in total. The van der Waals surface area contributed by atoms with Crippen LogP contribution in [-0.4, -0.2) is 51.0 Å². The van der Waals surface area contributed by atoms with Crippen molar-refractivity contribution < 1.29 is 37.5 Å². The van der Waals surface area contributed by atoms with Gasteiger partial charge in [0.05, 0.1) is 45.3 Å². The predicted molar refractivity (Wildman–Crippen MR) is 127 cm³/mol. The summed E-state index contributed by atoms with van der Waals surface area (Å²) in [6.07, 6.45) is 1.87. The van der Waals surface area contributed by atoms with E-state index in [4.69, 9.17) is 24.3 Å². The number of ether oxygens (including phenoxy) is 3. The van der Waals surface area contributed by atoms with Crippen LogP contribution >= 0.6 is 9.53 Å². The van der Waals surface area contributed by atoms with E-state index in [2.05, 4.69) is 79.7 Å². The molecule has 0 aliphatic carbocycles. The standard InChI is InChI=1S/C25H34NO4.ClH.Pd/c1-19(2)23-6-5-7-24(20(3)4)25(23)26-18-21-8-10-22(11-9-21)30-17-16-29-15-14-28-13-12-27;;/h5-8,10-11,18-20,27H,12-17H2,1-4H3;1H;/q-1;;+2/p-1. The fourth-order valence-electron chi connectivity index (χ4n) is 2.99. The Morgan fingerprint density at radius 1 is 0.938 bits per heavy atom. The molecule has 7 heteroatoms. The molecule has 0 radical (unpaired) electrons. The van der Waals surface area contributed by atoms with Gasteiger partial charge in [0.15, 0.2) is 0 Å². The zero-order valence-corrected chi connectivity index (χ0v) is 21.6. The number of benzene rings is 2. The first kappa shape index (κ1) is 28.8. The molecule has 0 heterocycles. The van der Waals surface area contributed by atoms with Gasteiger partial charge in [-0.05, 0) is 29.2 Å². The summed E-state index contributed by atoms with van der Waals surface area (Å²) in [6, 6.07) is 15.3. The first-order valence-electron chi connectivity index (χ1n) is 10.7. The van der Waals surface area contributed by atoms with Crippen molar-refractivity contribution in [1.82, 2.24) is 0 Å². The Morgan fingerprint density at radius 3 is 2.06 bits per heavy atom. The molecule has 0 aliphatic rings. The number of aliphatic hydroxyl groups excluding tert-OH is 1. The van der Waals surface area contributed by atoms with E-state index in [0.29, 0.717) is 44.9 Å². The molecule has 0 atom stereocenters. The maximum atomic E-state index is 8.62. The fourth-order valence-corrected chi connectivity index (χ4v) is 2.99. The second-order valence-electron chi connectivity index (χ2n) is 7.63. The van der Waals surface area contributed by atoms with Gasteiger partial charge < -0.3 is 24.3 Å². The van der Waals surface area contributed by atoms with Crippen LogP contribution in [0.25, 0.3) is 0 Å². The quantitative estimate of drug-likeness (QED) is 0.152. The van der Waals surface area contributed by atoms with Crippen LogP contribution in [0.2, 0.25) is 0 Å². The summed E-state index contributed by atoms with van der Waals surface area (Å²) in [5, 5.41) is 8.62. The maximum absolute atomic E-state index is 8.62. The van der Waals surface area contributed by atoms with Crippen molar-refractivity contribution in [3.8, 4) is 5.75 Å². The molecule has 0 fully saturated rings. The summed E-state index contributed by atoms with van der Waals surface area (Å²) < 4.78 is 16.2. The Kier molecular flexibility index (Phi) is 15.5. The topological polar surface area (TPSA) is 60.3 Å². The van der Waals surface area contributed by atoms with E-state index in [-0.39, 0.29) is 6.61 Å². The normalized spacial score (nSPS) is 11.2. The number of hydrogen-bond acceptors (Lipinski definition) is 5. The second-order valence-corrected chi connectivity index (χ2v) is 7.63. The molecule has 2 aromatic carbocycles. The molecule has 0 aliphatic heterocycles. The van der Waals surface area contributed by atoms with E-state index < -0.39 is 0 Å². The van der Waals surface area contributed by atoms with Gasteiger partial charge in [-0.15, -0.1) is 29.8 Å². The summed E-state index contributed by atoms with van der Waals surface area (Å²) >= 11 is 2.22. The van der Waals surface area contributed by atoms with Crippen LogP contribution in [0.3, 0.4) is 0 Å². The monoisotopic (exact) mass is 553 g/mol. The van der Waals surface area contributed by atoms with E-state index in [1.807, 2.05) is 24.4 Å². The molecule has 2 rings (SSSR count). The summed E-state index contributed by atoms with van der Waals surface area (Å²) in [4.78, 5) is 4.82. The zero-order valence-electron chi connectivity index (χ0n) is 19.3. The molecule has 0 bridgehead atoms. The van der Waals surface area contributed by atoms with Gasteiger partial charge in [-0.1, -0.05) is 45.9 Å². The van der Waals surface area contributed by atoms with E-state index >= 15 is 0 Å². The molecule has 0 saturated heterocycles. The molecule has 0 amide bonds. The van der Waals surface area contributed by atoms with Gasteiger partial charge in [-0.25, -0.2) is 0 Å². The molecule has 0 spiro atoms. The number of nitrogens with zero attached hydrogens (tertiary/aromatic N) is 1. The van der Waals surface area contributed by atoms with Crippen LogP contribution in [-0.2, 0) is 27.7 Å². The molecular formula is C25H34ClNO4Pd. The Hall–Kier alpha value is -1.26. The number of para-hydroxylation sites is 1. The molecule has 0 unspecified atom stereocenters. The van der Waals surface area contributed by atoms with Gasteiger partial charge in [-0.3, -0.25) is 0 Å². The molecular weight excluding hydrogens is 520 g/mol. The van der Waals surface area contributed by atoms with Gasteiger partial charge in [0.1, 0.15) is 0 Å². The van der Waals surface area contributed by atoms with Crippen molar-refractivity contribution in [2.75, 3.05) is 39.6 Å². The SMILES string of the molecule is CC(C)c1cccc(C(C)C)c1N=Cc1[c-]cc(OCCOCCOCCO)cc1.[Cl][Pd+]. The minimum atomic E-state index is 0.0312. The Balaban J connectivity index is 0.00000249. The molecule has 180 valence electrons. The van der Waals surface area contributed by atoms with E-state index in [1.165, 1.54) is 11.1 Å². The van der Waals surface area contributed by atoms with E-state index in [1.54, 1.807) is 0 Å². The van der Waals surface area contributed by atoms with Crippen LogP contribution < -0.4 is 4.74 Å². The van der Waals surface area contributed by atoms with Crippen LogP contribution in [0.4, 0.5) is 5.69 Å². The molecule has 2 aromatic rings. The Labute approximate surface area is 207 Å². The van der Waals surface area contributed by atoms with Crippen molar-refractivity contribution in [2.24, 2.45) is 4.99 Å². The van der Waals surface area contributed by atoms with Crippen LogP contribution in [0.15, 0.2) is 41.4 Å². The number of rotatable bonds is 13. The molecule has 0 saturated carbocycles. The summed E-state index contributed by atoms with van der Waals surface area (Å²) in [7, 11) is 4.49. The van der Waals surface area contributed by atoms with Crippen LogP contribution in [0.5, 0.6) is 5.75 Å². The second kappa shape index (κ2) is 17.2. The van der Waals surface area contributed by atoms with Crippen molar-refractivity contribution in [3.05, 3.63) is 59.2 Å². The summed E-state index contributed by atoms with van der Waals surface area (Å²) in [6.45, 7) is 11.1. The number of halogens is 1. The van der Waals surface area contributed by atoms with Gasteiger partial charge in [0.25, 0.3) is 0 Å². The Bertz CT molecular complexity index is 756. The fraction of sp³-hybridized carbons (Fsp3) is 0.480. The number of aliphatic hydroxyl groups is 1. The van der Waals surface area contributed by atoms with Crippen LogP contribution in [0.1, 0.15) is 56.2 Å². The first-order chi connectivity index (χ1) is 15.5. The first-order valence-corrected chi connectivity index (χ1v) is 12.7. The van der Waals surface area contributed by atoms with Crippen molar-refractivity contribution in [3.63, 3.8) is 0 Å². The summed E-state index contributed by atoms with van der Waals surface area (Å²) in [5.41, 5.74) is 4.50. The third-order valence-corrected chi connectivity index (χ3v) is 4.59. The van der Waals surface area contributed by atoms with Gasteiger partial charge >= 0.3 is 27.7 Å². The van der Waals surface area contributed by atoms with Gasteiger partial charge in [-0.2, -0.15) is 0 Å². The van der Waals surface area contributed by atoms with Gasteiger partial charge in [0, 0.05) is 5.75 Å². The molecule has 0 aromatic heterocycles. The zero-order chi connectivity index (χ0) is 23.8. The van der Waals surface area contributed by atoms with Crippen molar-refractivity contribution in [1.29, 1.82) is 0 Å². The minimum absolute atomic E-state index is 0.0312. The van der Waals surface area contributed by atoms with Gasteiger partial charge in [0.2, 0.25) is 0 Å². The number of aliphatic imine (C=N–C) groups is 1. The summed E-state index contributed by atoms with van der Waals surface area (Å²) in [5.74, 6) is 1.58. The molecule has 1 N–H and O–H groups in total. The number of hydrogen-bond donors (Lipinski definition) is 1. The average molecular weight is 554 g/mol. The van der Waals surface area contributed by atoms with E-state index in [0.717, 1.165) is 17.0 Å². The van der Waals surface area contributed by atoms with E-state index in [9.17, 15) is 0 Å². The van der Waals surface area contributed by atoms with Crippen molar-refractivity contribution >= 4 is 21.4 Å². The average Bonchev–Trinajstić information content (AvgIpc) is 2.81. The Morgan fingerprint density at radius 2 is 1.53 bits per heavy atom. The van der Waals surface area contributed by atoms with Crippen LogP contribution in [0, 0.1) is 6.07 Å². The third kappa shape index (κ3) is 10.6. The third-order valence-electron chi connectivity index (χ3n) is 4.59.